The topological polar surface area (TPSA) is 91.2 Å². The Labute approximate surface area is 192 Å². The summed E-state index contributed by atoms with van der Waals surface area (Å²) in [5, 5.41) is 12.4. The Kier molecular flexibility index (Phi) is 14.9. The van der Waals surface area contributed by atoms with Crippen molar-refractivity contribution in [3.05, 3.63) is 12.4 Å². The first-order valence-corrected chi connectivity index (χ1v) is 12.3. The molecule has 0 spiro atoms. The van der Waals surface area contributed by atoms with E-state index in [4.69, 9.17) is 12.2 Å². The Bertz CT molecular complexity index is 541. The predicted molar refractivity (Wildman–Crippen MR) is 134 cm³/mol. The number of nitrogens with two attached hydrogens (primary N) is 1. The van der Waals surface area contributed by atoms with Crippen LogP contribution >= 0.6 is 0 Å². The zero-order chi connectivity index (χ0) is 23.8. The van der Waals surface area contributed by atoms with Gasteiger partial charge in [0.2, 0.25) is 0 Å². The maximum atomic E-state index is 11.4. The fourth-order valence-corrected chi connectivity index (χ4v) is 4.19. The van der Waals surface area contributed by atoms with Crippen molar-refractivity contribution in [2.24, 2.45) is 5.73 Å². The number of nitrogens with one attached hydrogen (secondary N) is 4. The summed E-state index contributed by atoms with van der Waals surface area (Å²) >= 11 is 0. The van der Waals surface area contributed by atoms with Crippen LogP contribution in [0.2, 0.25) is 0 Å². The number of hydrogen-bond donors (Lipinski definition) is 5. The summed E-state index contributed by atoms with van der Waals surface area (Å²) in [4.78, 5) is 11.4. The Morgan fingerprint density at radius 2 is 1.55 bits per heavy atom. The second-order valence-electron chi connectivity index (χ2n) is 8.72. The van der Waals surface area contributed by atoms with Gasteiger partial charge in [0.25, 0.3) is 0 Å². The first-order chi connectivity index (χ1) is 14.8. The molecule has 6 heteroatoms. The van der Waals surface area contributed by atoms with E-state index in [1.165, 1.54) is 38.5 Å². The van der Waals surface area contributed by atoms with Crippen LogP contribution in [-0.2, 0) is 0 Å². The lowest BCUT2D eigenvalue weighted by atomic mass is 9.82. The summed E-state index contributed by atoms with van der Waals surface area (Å²) in [6.07, 6.45) is 17.1. The summed E-state index contributed by atoms with van der Waals surface area (Å²) in [6.45, 7) is 15.3. The van der Waals surface area contributed by atoms with E-state index in [9.17, 15) is 4.79 Å². The van der Waals surface area contributed by atoms with Gasteiger partial charge >= 0.3 is 6.03 Å². The van der Waals surface area contributed by atoms with E-state index in [-0.39, 0.29) is 17.1 Å². The van der Waals surface area contributed by atoms with Crippen LogP contribution in [0.1, 0.15) is 98.8 Å². The van der Waals surface area contributed by atoms with Crippen LogP contribution in [0.15, 0.2) is 12.4 Å². The fraction of sp³-hybridized carbons (Fsp3) is 0.800. The summed E-state index contributed by atoms with van der Waals surface area (Å²) in [7, 11) is 0. The van der Waals surface area contributed by atoms with Gasteiger partial charge in [0.05, 0.1) is 16.9 Å². The van der Waals surface area contributed by atoms with Crippen molar-refractivity contribution >= 4 is 6.03 Å². The number of rotatable bonds is 7. The number of terminal acetylenes is 1. The van der Waals surface area contributed by atoms with E-state index < -0.39 is 0 Å². The molecule has 0 aromatic carbocycles. The molecular formula is C25H49N5O. The van der Waals surface area contributed by atoms with Crippen LogP contribution in [0.3, 0.4) is 0 Å². The maximum Gasteiger partial charge on any atom is 0.315 e. The van der Waals surface area contributed by atoms with Gasteiger partial charge in [-0.3, -0.25) is 0 Å². The molecule has 0 unspecified atom stereocenters. The molecule has 2 aliphatic rings. The van der Waals surface area contributed by atoms with Crippen LogP contribution in [0.4, 0.5) is 4.79 Å². The van der Waals surface area contributed by atoms with Crippen LogP contribution < -0.4 is 27.0 Å². The first kappa shape index (κ1) is 29.1. The van der Waals surface area contributed by atoms with Crippen molar-refractivity contribution < 1.29 is 4.79 Å². The lowest BCUT2D eigenvalue weighted by molar-refractivity contribution is 0.206. The number of urea groups is 1. The van der Waals surface area contributed by atoms with Crippen LogP contribution in [-0.4, -0.2) is 36.2 Å². The third-order valence-corrected chi connectivity index (χ3v) is 5.75. The summed E-state index contributed by atoms with van der Waals surface area (Å²) < 4.78 is 0. The van der Waals surface area contributed by atoms with Crippen molar-refractivity contribution in [2.75, 3.05) is 13.1 Å². The SMILES string of the molecule is C#CC1(NC(=C)NC(C)C)CCCCC1.CC.CCNC(=O)NC1(CN)CCCCC1. The van der Waals surface area contributed by atoms with Gasteiger partial charge in [0.1, 0.15) is 0 Å². The molecule has 2 amide bonds. The molecule has 0 bridgehead atoms. The highest BCUT2D eigenvalue weighted by Crippen LogP contribution is 2.28. The Hall–Kier alpha value is -1.87. The van der Waals surface area contributed by atoms with Crippen LogP contribution in [0.25, 0.3) is 0 Å². The molecule has 0 radical (unpaired) electrons. The van der Waals surface area contributed by atoms with E-state index in [2.05, 4.69) is 47.6 Å². The van der Waals surface area contributed by atoms with Crippen molar-refractivity contribution in [2.45, 2.75) is 116 Å². The molecule has 180 valence electrons. The van der Waals surface area contributed by atoms with Gasteiger partial charge in [0.15, 0.2) is 0 Å². The standard InChI is InChI=1S/C13H22N2.C10H21N3O.C2H6/c1-5-13(9-7-6-8-10-13)15-12(4)14-11(2)3;1-2-12-9(14)13-10(8-11)6-4-3-5-7-10;1-2/h1,11,14-15H,4,6-10H2,2-3H3;2-8,11H2,1H3,(H2,12,13,14);1-2H3. The Balaban J connectivity index is 0.000000539. The van der Waals surface area contributed by atoms with Crippen molar-refractivity contribution in [1.82, 2.24) is 21.3 Å². The average Bonchev–Trinajstić information content (AvgIpc) is 2.76. The zero-order valence-electron chi connectivity index (χ0n) is 20.8. The number of amides is 2. The van der Waals surface area contributed by atoms with Gasteiger partial charge < -0.3 is 27.0 Å². The Morgan fingerprint density at radius 3 is 1.97 bits per heavy atom. The molecule has 2 saturated carbocycles. The lowest BCUT2D eigenvalue weighted by Gasteiger charge is -2.36. The number of carbonyl (C=O) groups excluding carboxylic acids is 1. The molecule has 0 atom stereocenters. The summed E-state index contributed by atoms with van der Waals surface area (Å²) in [5.41, 5.74) is 5.44. The van der Waals surface area contributed by atoms with Gasteiger partial charge in [-0.1, -0.05) is 64.9 Å². The fourth-order valence-electron chi connectivity index (χ4n) is 4.19. The van der Waals surface area contributed by atoms with Gasteiger partial charge in [-0.2, -0.15) is 0 Å². The molecule has 2 aliphatic carbocycles. The molecule has 2 fully saturated rings. The van der Waals surface area contributed by atoms with Crippen molar-refractivity contribution in [1.29, 1.82) is 0 Å². The quantitative estimate of drug-likeness (QED) is 0.384. The monoisotopic (exact) mass is 435 g/mol. The molecule has 2 rings (SSSR count). The molecule has 0 saturated heterocycles. The molecule has 0 heterocycles. The lowest BCUT2D eigenvalue weighted by Crippen LogP contribution is -2.57. The summed E-state index contributed by atoms with van der Waals surface area (Å²) in [6, 6.07) is 0.309. The van der Waals surface area contributed by atoms with Crippen molar-refractivity contribution in [3.8, 4) is 12.3 Å². The number of carbonyl (C=O) groups is 1. The first-order valence-electron chi connectivity index (χ1n) is 12.3. The highest BCUT2D eigenvalue weighted by molar-refractivity contribution is 5.74. The summed E-state index contributed by atoms with van der Waals surface area (Å²) in [5.74, 6) is 3.76. The highest BCUT2D eigenvalue weighted by atomic mass is 16.2. The van der Waals surface area contributed by atoms with Gasteiger partial charge in [0, 0.05) is 19.1 Å². The molecular weight excluding hydrogens is 386 g/mol. The zero-order valence-corrected chi connectivity index (χ0v) is 20.8. The smallest absolute Gasteiger partial charge is 0.315 e. The molecule has 0 aromatic rings. The largest absolute Gasteiger partial charge is 0.370 e. The highest BCUT2D eigenvalue weighted by Gasteiger charge is 2.32. The number of hydrogen-bond acceptors (Lipinski definition) is 4. The third kappa shape index (κ3) is 11.4. The van der Waals surface area contributed by atoms with Gasteiger partial charge in [-0.25, -0.2) is 4.79 Å². The second-order valence-corrected chi connectivity index (χ2v) is 8.72. The van der Waals surface area contributed by atoms with E-state index in [0.29, 0.717) is 19.1 Å². The third-order valence-electron chi connectivity index (χ3n) is 5.75. The normalized spacial score (nSPS) is 18.6. The molecule has 0 aliphatic heterocycles. The maximum absolute atomic E-state index is 11.4. The molecule has 0 aromatic heterocycles. The average molecular weight is 436 g/mol. The molecule has 31 heavy (non-hydrogen) atoms. The second kappa shape index (κ2) is 15.9. The predicted octanol–water partition coefficient (Wildman–Crippen LogP) is 4.37. The van der Waals surface area contributed by atoms with Crippen LogP contribution in [0, 0.1) is 12.3 Å². The van der Waals surface area contributed by atoms with Gasteiger partial charge in [-0.15, -0.1) is 6.42 Å². The minimum absolute atomic E-state index is 0.0835. The molecule has 6 nitrogen and oxygen atoms in total. The van der Waals surface area contributed by atoms with E-state index in [1.807, 2.05) is 20.8 Å². The van der Waals surface area contributed by atoms with Crippen molar-refractivity contribution in [3.63, 3.8) is 0 Å². The minimum atomic E-state index is -0.156. The van der Waals surface area contributed by atoms with E-state index >= 15 is 0 Å². The minimum Gasteiger partial charge on any atom is -0.370 e. The van der Waals surface area contributed by atoms with E-state index in [1.54, 1.807) is 0 Å². The Morgan fingerprint density at radius 1 is 1.03 bits per heavy atom. The van der Waals surface area contributed by atoms with E-state index in [0.717, 1.165) is 31.5 Å². The molecule has 6 N–H and O–H groups in total. The van der Waals surface area contributed by atoms with Crippen LogP contribution in [0.5, 0.6) is 0 Å². The van der Waals surface area contributed by atoms with Gasteiger partial charge in [-0.05, 0) is 46.5 Å².